The smallest absolute Gasteiger partial charge is 0.220 e. The van der Waals surface area contributed by atoms with Crippen molar-refractivity contribution in [3.8, 4) is 0 Å². The normalized spacial score (nSPS) is 13.8. The Balaban J connectivity index is 0.000000712. The Morgan fingerprint density at radius 2 is 1.77 bits per heavy atom. The molecule has 1 amide bonds. The first-order valence-electron chi connectivity index (χ1n) is 10.7. The molecule has 168 valence electrons. The van der Waals surface area contributed by atoms with Crippen LogP contribution in [0.25, 0.3) is 5.57 Å². The number of ketones is 2. The molecule has 1 atom stereocenters. The van der Waals surface area contributed by atoms with E-state index in [0.717, 1.165) is 25.1 Å². The Morgan fingerprint density at radius 1 is 1.13 bits per heavy atom. The van der Waals surface area contributed by atoms with Crippen LogP contribution in [0.5, 0.6) is 0 Å². The number of aliphatic hydroxyl groups excluding tert-OH is 1. The molecule has 0 saturated heterocycles. The zero-order valence-corrected chi connectivity index (χ0v) is 19.2. The van der Waals surface area contributed by atoms with Gasteiger partial charge >= 0.3 is 0 Å². The number of benzene rings is 1. The van der Waals surface area contributed by atoms with Crippen LogP contribution >= 0.6 is 0 Å². The molecule has 1 unspecified atom stereocenters. The maximum atomic E-state index is 12.2. The minimum absolute atomic E-state index is 0.0287. The summed E-state index contributed by atoms with van der Waals surface area (Å²) in [5.41, 5.74) is 8.26. The second-order valence-corrected chi connectivity index (χ2v) is 7.33. The summed E-state index contributed by atoms with van der Waals surface area (Å²) in [6.07, 6.45) is 3.57. The number of carbonyl (C=O) groups is 3. The van der Waals surface area contributed by atoms with Gasteiger partial charge < -0.3 is 16.2 Å². The molecule has 6 heteroatoms. The van der Waals surface area contributed by atoms with Gasteiger partial charge in [0, 0.05) is 36.1 Å². The fraction of sp³-hybridized carbons (Fsp3) is 0.542. The van der Waals surface area contributed by atoms with Crippen molar-refractivity contribution in [1.29, 1.82) is 0 Å². The first kappa shape index (κ1) is 27.7. The molecule has 30 heavy (non-hydrogen) atoms. The SMILES string of the molecule is CC.CC(=O)c1cc(C2=CCNCC2)ccc1C(=O)C(C)C.CC(CCO)C(N)=O. The van der Waals surface area contributed by atoms with Crippen LogP contribution in [0, 0.1) is 11.8 Å². The van der Waals surface area contributed by atoms with Crippen LogP contribution in [0.4, 0.5) is 0 Å². The number of Topliss-reactive ketones (excluding diaryl/α,β-unsaturated/α-hetero) is 2. The van der Waals surface area contributed by atoms with E-state index < -0.39 is 0 Å². The fourth-order valence-corrected chi connectivity index (χ4v) is 2.78. The molecule has 4 N–H and O–H groups in total. The summed E-state index contributed by atoms with van der Waals surface area (Å²) >= 11 is 0. The van der Waals surface area contributed by atoms with E-state index in [1.807, 2.05) is 39.8 Å². The molecule has 0 aliphatic carbocycles. The van der Waals surface area contributed by atoms with Crippen molar-refractivity contribution in [3.05, 3.63) is 41.0 Å². The lowest BCUT2D eigenvalue weighted by Crippen LogP contribution is -2.21. The molecule has 0 fully saturated rings. The van der Waals surface area contributed by atoms with E-state index in [4.69, 9.17) is 10.8 Å². The highest BCUT2D eigenvalue weighted by Crippen LogP contribution is 2.24. The predicted molar refractivity (Wildman–Crippen MR) is 122 cm³/mol. The van der Waals surface area contributed by atoms with Crippen molar-refractivity contribution in [3.63, 3.8) is 0 Å². The van der Waals surface area contributed by atoms with Gasteiger partial charge in [-0.2, -0.15) is 0 Å². The number of primary amides is 1. The molecule has 1 heterocycles. The van der Waals surface area contributed by atoms with Crippen molar-refractivity contribution in [2.75, 3.05) is 19.7 Å². The maximum Gasteiger partial charge on any atom is 0.220 e. The molecule has 1 aromatic rings. The molecule has 1 aliphatic rings. The minimum Gasteiger partial charge on any atom is -0.396 e. The summed E-state index contributed by atoms with van der Waals surface area (Å²) in [5, 5.41) is 11.5. The van der Waals surface area contributed by atoms with E-state index in [-0.39, 0.29) is 35.9 Å². The van der Waals surface area contributed by atoms with Gasteiger partial charge in [-0.3, -0.25) is 14.4 Å². The summed E-state index contributed by atoms with van der Waals surface area (Å²) in [7, 11) is 0. The largest absolute Gasteiger partial charge is 0.396 e. The van der Waals surface area contributed by atoms with E-state index in [9.17, 15) is 14.4 Å². The van der Waals surface area contributed by atoms with Gasteiger partial charge in [0.1, 0.15) is 0 Å². The monoisotopic (exact) mass is 418 g/mol. The molecule has 1 aliphatic heterocycles. The van der Waals surface area contributed by atoms with Gasteiger partial charge in [-0.15, -0.1) is 0 Å². The van der Waals surface area contributed by atoms with Crippen molar-refractivity contribution in [2.24, 2.45) is 17.6 Å². The maximum absolute atomic E-state index is 12.2. The van der Waals surface area contributed by atoms with Gasteiger partial charge in [0.05, 0.1) is 0 Å². The topological polar surface area (TPSA) is 109 Å². The van der Waals surface area contributed by atoms with Crippen molar-refractivity contribution in [1.82, 2.24) is 5.32 Å². The van der Waals surface area contributed by atoms with Gasteiger partial charge in [0.2, 0.25) is 5.91 Å². The average Bonchev–Trinajstić information content (AvgIpc) is 2.75. The lowest BCUT2D eigenvalue weighted by atomic mass is 9.90. The molecular weight excluding hydrogens is 380 g/mol. The van der Waals surface area contributed by atoms with Crippen LogP contribution < -0.4 is 11.1 Å². The van der Waals surface area contributed by atoms with Crippen LogP contribution in [-0.2, 0) is 4.79 Å². The first-order valence-corrected chi connectivity index (χ1v) is 10.7. The van der Waals surface area contributed by atoms with E-state index in [1.54, 1.807) is 13.0 Å². The molecule has 0 saturated carbocycles. The number of nitrogens with two attached hydrogens (primary N) is 1. The number of hydrogen-bond acceptors (Lipinski definition) is 5. The van der Waals surface area contributed by atoms with Gasteiger partial charge in [-0.25, -0.2) is 0 Å². The minimum atomic E-state index is -0.348. The van der Waals surface area contributed by atoms with E-state index in [0.29, 0.717) is 17.5 Å². The third-order valence-corrected chi connectivity index (χ3v) is 4.67. The molecule has 2 rings (SSSR count). The highest BCUT2D eigenvalue weighted by Gasteiger charge is 2.18. The Kier molecular flexibility index (Phi) is 13.5. The average molecular weight is 419 g/mol. The number of aliphatic hydroxyl groups is 1. The first-order chi connectivity index (χ1) is 14.2. The van der Waals surface area contributed by atoms with E-state index in [2.05, 4.69) is 11.4 Å². The predicted octanol–water partition coefficient (Wildman–Crippen LogP) is 3.62. The second kappa shape index (κ2) is 14.6. The molecule has 0 bridgehead atoms. The Morgan fingerprint density at radius 3 is 2.17 bits per heavy atom. The number of nitrogens with one attached hydrogen (secondary N) is 1. The van der Waals surface area contributed by atoms with Crippen LogP contribution in [0.1, 0.15) is 80.7 Å². The van der Waals surface area contributed by atoms with Crippen molar-refractivity contribution >= 4 is 23.0 Å². The number of rotatable bonds is 7. The van der Waals surface area contributed by atoms with E-state index in [1.165, 1.54) is 12.5 Å². The standard InChI is InChI=1S/C17H21NO2.C5H11NO2.C2H6/c1-11(2)17(20)15-5-4-14(10-16(15)12(3)19)13-6-8-18-9-7-13;1-4(2-3-7)5(6)8;1-2/h4-6,10-11,18H,7-9H2,1-3H3;4,7H,2-3H2,1H3,(H2,6,8);1-2H3. The molecule has 6 nitrogen and oxygen atoms in total. The number of carbonyl (C=O) groups excluding carboxylic acids is 3. The summed E-state index contributed by atoms with van der Waals surface area (Å²) in [6.45, 7) is 12.8. The third-order valence-electron chi connectivity index (χ3n) is 4.67. The Labute approximate surface area is 180 Å². The summed E-state index contributed by atoms with van der Waals surface area (Å²) in [4.78, 5) is 34.2. The Hall–Kier alpha value is -2.31. The molecule has 0 aromatic heterocycles. The number of amides is 1. The fourth-order valence-electron chi connectivity index (χ4n) is 2.78. The highest BCUT2D eigenvalue weighted by molar-refractivity contribution is 6.09. The van der Waals surface area contributed by atoms with Gasteiger partial charge in [0.25, 0.3) is 0 Å². The Bertz CT molecular complexity index is 739. The van der Waals surface area contributed by atoms with Crippen LogP contribution in [0.3, 0.4) is 0 Å². The summed E-state index contributed by atoms with van der Waals surface area (Å²) < 4.78 is 0. The van der Waals surface area contributed by atoms with Crippen LogP contribution in [0.15, 0.2) is 24.3 Å². The highest BCUT2D eigenvalue weighted by atomic mass is 16.3. The van der Waals surface area contributed by atoms with Gasteiger partial charge in [-0.1, -0.05) is 52.8 Å². The zero-order valence-electron chi connectivity index (χ0n) is 19.2. The van der Waals surface area contributed by atoms with Gasteiger partial charge in [-0.05, 0) is 43.5 Å². The van der Waals surface area contributed by atoms with Crippen LogP contribution in [-0.4, -0.2) is 42.3 Å². The number of hydrogen-bond donors (Lipinski definition) is 3. The summed E-state index contributed by atoms with van der Waals surface area (Å²) in [6, 6.07) is 5.63. The lowest BCUT2D eigenvalue weighted by molar-refractivity contribution is -0.121. The second-order valence-electron chi connectivity index (χ2n) is 7.33. The third kappa shape index (κ3) is 9.01. The molecule has 0 radical (unpaired) electrons. The zero-order chi connectivity index (χ0) is 23.3. The van der Waals surface area contributed by atoms with Crippen LogP contribution in [0.2, 0.25) is 0 Å². The van der Waals surface area contributed by atoms with Crippen molar-refractivity contribution in [2.45, 2.75) is 54.4 Å². The van der Waals surface area contributed by atoms with E-state index >= 15 is 0 Å². The molecule has 1 aromatic carbocycles. The molecule has 0 spiro atoms. The van der Waals surface area contributed by atoms with Crippen molar-refractivity contribution < 1.29 is 19.5 Å². The molecular formula is C24H38N2O4. The summed E-state index contributed by atoms with van der Waals surface area (Å²) in [5.74, 6) is -0.664. The quantitative estimate of drug-likeness (QED) is 0.586. The lowest BCUT2D eigenvalue weighted by Gasteiger charge is -2.16. The van der Waals surface area contributed by atoms with Gasteiger partial charge in [0.15, 0.2) is 11.6 Å².